The molecule has 2 heteroatoms. The molecule has 1 aliphatic heterocycles. The molecule has 2 rings (SSSR count). The smallest absolute Gasteiger partial charge is 0.0815 e. The Morgan fingerprint density at radius 2 is 1.92 bits per heavy atom. The van der Waals surface area contributed by atoms with Crippen molar-refractivity contribution in [1.29, 1.82) is 0 Å². The summed E-state index contributed by atoms with van der Waals surface area (Å²) in [6, 6.07) is 10.2. The fourth-order valence-corrected chi connectivity index (χ4v) is 2.69. The second kappa shape index (κ2) is 3.11. The van der Waals surface area contributed by atoms with Crippen LogP contribution >= 0.6 is 11.8 Å². The maximum absolute atomic E-state index is 9.61. The number of hydrogen-bond donors (Lipinski definition) is 1. The van der Waals surface area contributed by atoms with Crippen LogP contribution in [0.15, 0.2) is 30.3 Å². The van der Waals surface area contributed by atoms with Gasteiger partial charge in [0, 0.05) is 5.25 Å². The van der Waals surface area contributed by atoms with Gasteiger partial charge >= 0.3 is 0 Å². The van der Waals surface area contributed by atoms with Crippen molar-refractivity contribution in [3.05, 3.63) is 35.9 Å². The van der Waals surface area contributed by atoms with Crippen molar-refractivity contribution >= 4 is 11.8 Å². The molecule has 1 nitrogen and oxygen atoms in total. The third-order valence-corrected chi connectivity index (χ3v) is 3.83. The van der Waals surface area contributed by atoms with Crippen LogP contribution in [-0.4, -0.2) is 16.5 Å². The summed E-state index contributed by atoms with van der Waals surface area (Å²) in [5, 5.41) is 10.3. The molecule has 1 saturated heterocycles. The Hall–Kier alpha value is -0.470. The third kappa shape index (κ3) is 1.25. The molecule has 1 N–H and O–H groups in total. The summed E-state index contributed by atoms with van der Waals surface area (Å²) in [5.41, 5.74) is 1.24. The van der Waals surface area contributed by atoms with Gasteiger partial charge in [-0.25, -0.2) is 0 Å². The van der Waals surface area contributed by atoms with Gasteiger partial charge in [0.1, 0.15) is 0 Å². The summed E-state index contributed by atoms with van der Waals surface area (Å²) in [4.78, 5) is 0. The minimum atomic E-state index is -0.155. The van der Waals surface area contributed by atoms with E-state index >= 15 is 0 Å². The average molecular weight is 180 g/mol. The van der Waals surface area contributed by atoms with Gasteiger partial charge in [0.2, 0.25) is 0 Å². The van der Waals surface area contributed by atoms with Gasteiger partial charge in [-0.2, -0.15) is 0 Å². The minimum absolute atomic E-state index is 0.155. The number of benzene rings is 1. The molecule has 0 bridgehead atoms. The fraction of sp³-hybridized carbons (Fsp3) is 0.400. The monoisotopic (exact) mass is 180 g/mol. The lowest BCUT2D eigenvalue weighted by atomic mass is 10.0. The van der Waals surface area contributed by atoms with E-state index in [1.165, 1.54) is 5.56 Å². The predicted molar refractivity (Wildman–Crippen MR) is 52.2 cm³/mol. The van der Waals surface area contributed by atoms with Crippen LogP contribution in [0, 0.1) is 0 Å². The summed E-state index contributed by atoms with van der Waals surface area (Å²) in [6.45, 7) is 2.06. The van der Waals surface area contributed by atoms with Crippen LogP contribution in [0.4, 0.5) is 0 Å². The maximum atomic E-state index is 9.61. The highest BCUT2D eigenvalue weighted by Gasteiger charge is 2.38. The molecule has 0 spiro atoms. The van der Waals surface area contributed by atoms with E-state index in [0.29, 0.717) is 10.5 Å². The van der Waals surface area contributed by atoms with Gasteiger partial charge in [-0.1, -0.05) is 37.3 Å². The first kappa shape index (κ1) is 8.14. The highest BCUT2D eigenvalue weighted by Crippen LogP contribution is 2.48. The SMILES string of the molecule is C[C@@H]1S[C@@H](c2ccccc2)[C@@H]1O. The molecule has 1 aromatic rings. The number of aliphatic hydroxyl groups is 1. The maximum Gasteiger partial charge on any atom is 0.0815 e. The fourth-order valence-electron chi connectivity index (χ4n) is 1.47. The molecule has 1 heterocycles. The molecule has 0 aliphatic carbocycles. The number of thioether (sulfide) groups is 1. The van der Waals surface area contributed by atoms with E-state index < -0.39 is 0 Å². The van der Waals surface area contributed by atoms with E-state index in [1.807, 2.05) is 30.0 Å². The highest BCUT2D eigenvalue weighted by atomic mass is 32.2. The number of hydrogen-bond acceptors (Lipinski definition) is 2. The second-order valence-corrected chi connectivity index (χ2v) is 4.69. The van der Waals surface area contributed by atoms with E-state index in [0.717, 1.165) is 0 Å². The molecular formula is C10H12OS. The Kier molecular flexibility index (Phi) is 2.11. The first-order valence-electron chi connectivity index (χ1n) is 4.17. The lowest BCUT2D eigenvalue weighted by Crippen LogP contribution is -2.36. The van der Waals surface area contributed by atoms with Crippen molar-refractivity contribution in [3.63, 3.8) is 0 Å². The Balaban J connectivity index is 2.13. The third-order valence-electron chi connectivity index (χ3n) is 2.28. The van der Waals surface area contributed by atoms with Crippen molar-refractivity contribution in [2.75, 3.05) is 0 Å². The van der Waals surface area contributed by atoms with Crippen LogP contribution in [-0.2, 0) is 0 Å². The van der Waals surface area contributed by atoms with Crippen LogP contribution in [0.25, 0.3) is 0 Å². The van der Waals surface area contributed by atoms with E-state index in [2.05, 4.69) is 19.1 Å². The zero-order valence-corrected chi connectivity index (χ0v) is 7.79. The molecule has 64 valence electrons. The zero-order chi connectivity index (χ0) is 8.55. The Morgan fingerprint density at radius 3 is 2.42 bits per heavy atom. The molecule has 0 unspecified atom stereocenters. The molecule has 0 amide bonds. The molecule has 1 fully saturated rings. The molecule has 1 aliphatic rings. The molecule has 1 aromatic carbocycles. The zero-order valence-electron chi connectivity index (χ0n) is 6.97. The molecule has 0 saturated carbocycles. The largest absolute Gasteiger partial charge is 0.390 e. The van der Waals surface area contributed by atoms with E-state index in [4.69, 9.17) is 0 Å². The van der Waals surface area contributed by atoms with Crippen molar-refractivity contribution in [3.8, 4) is 0 Å². The predicted octanol–water partition coefficient (Wildman–Crippen LogP) is 2.22. The second-order valence-electron chi connectivity index (χ2n) is 3.16. The van der Waals surface area contributed by atoms with Gasteiger partial charge < -0.3 is 5.11 Å². The molecule has 12 heavy (non-hydrogen) atoms. The Bertz CT molecular complexity index is 260. The van der Waals surface area contributed by atoms with Crippen LogP contribution < -0.4 is 0 Å². The van der Waals surface area contributed by atoms with Gasteiger partial charge in [-0.15, -0.1) is 11.8 Å². The van der Waals surface area contributed by atoms with Gasteiger partial charge in [-0.3, -0.25) is 0 Å². The van der Waals surface area contributed by atoms with Crippen molar-refractivity contribution < 1.29 is 5.11 Å². The topological polar surface area (TPSA) is 20.2 Å². The van der Waals surface area contributed by atoms with Gasteiger partial charge in [-0.05, 0) is 5.56 Å². The average Bonchev–Trinajstić information content (AvgIpc) is 2.15. The summed E-state index contributed by atoms with van der Waals surface area (Å²) in [7, 11) is 0. The van der Waals surface area contributed by atoms with Crippen LogP contribution in [0.3, 0.4) is 0 Å². The molecule has 3 atom stereocenters. The van der Waals surface area contributed by atoms with Crippen molar-refractivity contribution in [1.82, 2.24) is 0 Å². The summed E-state index contributed by atoms with van der Waals surface area (Å²) in [5.74, 6) is 0. The van der Waals surface area contributed by atoms with Crippen LogP contribution in [0.5, 0.6) is 0 Å². The van der Waals surface area contributed by atoms with Crippen LogP contribution in [0.1, 0.15) is 17.7 Å². The molecule has 0 aromatic heterocycles. The van der Waals surface area contributed by atoms with Gasteiger partial charge in [0.15, 0.2) is 0 Å². The minimum Gasteiger partial charge on any atom is -0.390 e. The lowest BCUT2D eigenvalue weighted by molar-refractivity contribution is 0.155. The lowest BCUT2D eigenvalue weighted by Gasteiger charge is -2.38. The highest BCUT2D eigenvalue weighted by molar-refractivity contribution is 8.01. The number of aliphatic hydroxyl groups excluding tert-OH is 1. The first-order valence-corrected chi connectivity index (χ1v) is 5.12. The van der Waals surface area contributed by atoms with E-state index in [1.54, 1.807) is 0 Å². The molecular weight excluding hydrogens is 168 g/mol. The summed E-state index contributed by atoms with van der Waals surface area (Å²) >= 11 is 1.84. The van der Waals surface area contributed by atoms with E-state index in [-0.39, 0.29) is 6.10 Å². The van der Waals surface area contributed by atoms with Gasteiger partial charge in [0.25, 0.3) is 0 Å². The normalized spacial score (nSPS) is 34.3. The Labute approximate surface area is 76.8 Å². The Morgan fingerprint density at radius 1 is 1.25 bits per heavy atom. The standard InChI is InChI=1S/C10H12OS/c1-7-9(11)10(12-7)8-5-3-2-4-6-8/h2-7,9-11H,1H3/t7-,9+,10-/m0/s1. The summed E-state index contributed by atoms with van der Waals surface area (Å²) < 4.78 is 0. The van der Waals surface area contributed by atoms with Crippen molar-refractivity contribution in [2.45, 2.75) is 23.5 Å². The van der Waals surface area contributed by atoms with Crippen LogP contribution in [0.2, 0.25) is 0 Å². The first-order chi connectivity index (χ1) is 5.79. The molecule has 0 radical (unpaired) electrons. The van der Waals surface area contributed by atoms with Crippen molar-refractivity contribution in [2.24, 2.45) is 0 Å². The summed E-state index contributed by atoms with van der Waals surface area (Å²) in [6.07, 6.45) is -0.155. The van der Waals surface area contributed by atoms with Gasteiger partial charge in [0.05, 0.1) is 11.4 Å². The quantitative estimate of drug-likeness (QED) is 0.715. The number of rotatable bonds is 1. The van der Waals surface area contributed by atoms with E-state index in [9.17, 15) is 5.11 Å².